The molecule has 0 radical (unpaired) electrons. The fourth-order valence-electron chi connectivity index (χ4n) is 3.88. The number of nitrogens with one attached hydrogen (secondary N) is 1. The van der Waals surface area contributed by atoms with Gasteiger partial charge in [0, 0.05) is 92.4 Å². The predicted molar refractivity (Wildman–Crippen MR) is 96.6 cm³/mol. The molecule has 0 spiro atoms. The van der Waals surface area contributed by atoms with E-state index in [0.29, 0.717) is 0 Å². The number of fused-ring (bicyclic) bond motifs is 2. The summed E-state index contributed by atoms with van der Waals surface area (Å²) in [7, 11) is -1.69. The quantitative estimate of drug-likeness (QED) is 0.633. The van der Waals surface area contributed by atoms with Crippen LogP contribution in [0.25, 0.3) is 23.4 Å². The molecule has 0 saturated carbocycles. The first-order valence-corrected chi connectivity index (χ1v) is 10.7. The molecule has 0 aliphatic heterocycles. The molecule has 6 heteroatoms. The third-order valence-electron chi connectivity index (χ3n) is 4.15. The van der Waals surface area contributed by atoms with E-state index >= 15 is 0 Å². The maximum Gasteiger partial charge on any atom is 0.152 e. The Bertz CT molecular complexity index is 802. The fourth-order valence-corrected chi connectivity index (χ4v) is 7.83. The van der Waals surface area contributed by atoms with E-state index in [9.17, 15) is 0 Å². The van der Waals surface area contributed by atoms with Crippen LogP contribution < -0.4 is 15.4 Å². The van der Waals surface area contributed by atoms with Crippen LogP contribution in [-0.2, 0) is 86.9 Å². The number of rotatable bonds is 2. The summed E-state index contributed by atoms with van der Waals surface area (Å²) in [6.45, 7) is 13.9. The van der Waals surface area contributed by atoms with Gasteiger partial charge in [-0.05, 0) is 72.2 Å². The third kappa shape index (κ3) is 6.23. The van der Waals surface area contributed by atoms with Gasteiger partial charge in [-0.15, -0.1) is 0 Å². The van der Waals surface area contributed by atoms with Crippen molar-refractivity contribution in [3.8, 4) is 0 Å². The van der Waals surface area contributed by atoms with Crippen LogP contribution in [0.4, 0.5) is 0 Å². The Morgan fingerprint density at radius 2 is 1.52 bits per heavy atom. The second-order valence-corrected chi connectivity index (χ2v) is 11.8. The summed E-state index contributed by atoms with van der Waals surface area (Å²) in [5.41, 5.74) is 4.33. The van der Waals surface area contributed by atoms with E-state index in [2.05, 4.69) is 82.2 Å². The first-order chi connectivity index (χ1) is 9.67. The van der Waals surface area contributed by atoms with E-state index in [4.69, 9.17) is 0 Å². The molecule has 0 heterocycles. The standard InChI is InChI=1S/C19H25NSi.4Ti/c1-13-10-16-11-14-8-7-9-15(14)12-17(16)18(13)21(5,6)20-19(2,3)4;;;;/h7-12,20H,1-6H3;;;;. The van der Waals surface area contributed by atoms with Gasteiger partial charge in [0.2, 0.25) is 0 Å². The van der Waals surface area contributed by atoms with Gasteiger partial charge in [-0.1, -0.05) is 37.4 Å². The third-order valence-corrected chi connectivity index (χ3v) is 7.44. The molecule has 1 aromatic carbocycles. The Hall–Kier alpha value is 1.47. The van der Waals surface area contributed by atoms with E-state index in [1.807, 2.05) is 0 Å². The smallest absolute Gasteiger partial charge is 0.152 e. The average molecular weight is 487 g/mol. The average Bonchev–Trinajstić information content (AvgIpc) is 2.83. The number of hydrogen-bond donors (Lipinski definition) is 1. The van der Waals surface area contributed by atoms with Crippen molar-refractivity contribution in [2.24, 2.45) is 0 Å². The molecule has 0 aromatic heterocycles. The molecule has 25 heavy (non-hydrogen) atoms. The second-order valence-electron chi connectivity index (χ2n) is 7.80. The molecule has 0 atom stereocenters. The van der Waals surface area contributed by atoms with Crippen molar-refractivity contribution in [1.29, 1.82) is 0 Å². The van der Waals surface area contributed by atoms with Crippen LogP contribution >= 0.6 is 0 Å². The summed E-state index contributed by atoms with van der Waals surface area (Å²) >= 11 is 0. The molecule has 2 aliphatic carbocycles. The second kappa shape index (κ2) is 10.3. The molecular weight excluding hydrogens is 462 g/mol. The van der Waals surface area contributed by atoms with Gasteiger partial charge in [0.05, 0.1) is 0 Å². The van der Waals surface area contributed by atoms with Crippen LogP contribution in [0, 0.1) is 0 Å². The largest absolute Gasteiger partial charge is 0.329 e. The molecule has 0 saturated heterocycles. The van der Waals surface area contributed by atoms with Crippen LogP contribution in [0.1, 0.15) is 38.8 Å². The molecule has 126 valence electrons. The van der Waals surface area contributed by atoms with Gasteiger partial charge in [-0.3, -0.25) is 0 Å². The minimum Gasteiger partial charge on any atom is -0.329 e. The zero-order valence-corrected chi connectivity index (χ0v) is 23.2. The van der Waals surface area contributed by atoms with Crippen molar-refractivity contribution in [2.75, 3.05) is 0 Å². The minimum absolute atomic E-state index is 0. The van der Waals surface area contributed by atoms with E-state index in [0.717, 1.165) is 0 Å². The van der Waals surface area contributed by atoms with E-state index in [1.54, 1.807) is 5.20 Å². The van der Waals surface area contributed by atoms with Crippen molar-refractivity contribution >= 4 is 31.7 Å². The fraction of sp³-hybridized carbons (Fsp3) is 0.368. The van der Waals surface area contributed by atoms with Crippen LogP contribution in [0.15, 0.2) is 23.8 Å². The molecule has 0 unspecified atom stereocenters. The van der Waals surface area contributed by atoms with Gasteiger partial charge < -0.3 is 4.98 Å². The molecule has 1 aromatic rings. The molecule has 1 nitrogen and oxygen atoms in total. The van der Waals surface area contributed by atoms with Gasteiger partial charge in [0.15, 0.2) is 8.24 Å². The van der Waals surface area contributed by atoms with Gasteiger partial charge in [-0.25, -0.2) is 0 Å². The molecule has 0 fully saturated rings. The molecule has 1 N–H and O–H groups in total. The van der Waals surface area contributed by atoms with Crippen molar-refractivity contribution in [1.82, 2.24) is 4.98 Å². The van der Waals surface area contributed by atoms with Crippen molar-refractivity contribution in [3.05, 3.63) is 45.3 Å². The monoisotopic (exact) mass is 487 g/mol. The Balaban J connectivity index is 0. The number of allylic oxidation sites excluding steroid dienone is 2. The summed E-state index contributed by atoms with van der Waals surface area (Å²) in [5.74, 6) is 0. The first-order valence-electron chi connectivity index (χ1n) is 7.73. The maximum absolute atomic E-state index is 3.91. The molecule has 0 bridgehead atoms. The van der Waals surface area contributed by atoms with Gasteiger partial charge in [0.25, 0.3) is 0 Å². The zero-order valence-electron chi connectivity index (χ0n) is 16.0. The van der Waals surface area contributed by atoms with Crippen molar-refractivity contribution < 1.29 is 86.9 Å². The SMILES string of the molecule is CC1=Cc2cc3c(cc2=C1[Si](C)(C)NC(C)(C)C)C=CC=3.[Ti].[Ti].[Ti].[Ti]. The van der Waals surface area contributed by atoms with Gasteiger partial charge >= 0.3 is 0 Å². The van der Waals surface area contributed by atoms with E-state index in [1.165, 1.54) is 27.1 Å². The Labute approximate surface area is 212 Å². The van der Waals surface area contributed by atoms with Crippen molar-refractivity contribution in [3.63, 3.8) is 0 Å². The molecule has 0 amide bonds. The van der Waals surface area contributed by atoms with Crippen LogP contribution in [0.3, 0.4) is 0 Å². The number of benzene rings is 1. The summed E-state index contributed by atoms with van der Waals surface area (Å²) in [4.78, 5) is 3.91. The van der Waals surface area contributed by atoms with Gasteiger partial charge in [-0.2, -0.15) is 0 Å². The zero-order chi connectivity index (χ0) is 15.4. The van der Waals surface area contributed by atoms with Gasteiger partial charge in [0.1, 0.15) is 0 Å². The Morgan fingerprint density at radius 3 is 2.08 bits per heavy atom. The normalized spacial score (nSPS) is 14.0. The van der Waals surface area contributed by atoms with Crippen molar-refractivity contribution in [2.45, 2.75) is 46.3 Å². The molecule has 3 rings (SSSR count). The predicted octanol–water partition coefficient (Wildman–Crippen LogP) is 3.18. The van der Waals surface area contributed by atoms with Crippen LogP contribution in [0.5, 0.6) is 0 Å². The van der Waals surface area contributed by atoms with Crippen LogP contribution in [-0.4, -0.2) is 13.8 Å². The van der Waals surface area contributed by atoms with E-state index < -0.39 is 8.24 Å². The van der Waals surface area contributed by atoms with E-state index in [-0.39, 0.29) is 92.4 Å². The topological polar surface area (TPSA) is 12.0 Å². The summed E-state index contributed by atoms with van der Waals surface area (Å²) in [6, 6.07) is 4.72. The minimum atomic E-state index is -1.69. The summed E-state index contributed by atoms with van der Waals surface area (Å²) in [5, 5.41) is 4.36. The summed E-state index contributed by atoms with van der Waals surface area (Å²) in [6.07, 6.45) is 8.92. The Kier molecular flexibility index (Phi) is 11.8. The molecule has 2 aliphatic rings. The van der Waals surface area contributed by atoms with Crippen LogP contribution in [0.2, 0.25) is 13.1 Å². The molecular formula is C19H25NSiTi4. The maximum atomic E-state index is 3.91. The number of hydrogen-bond acceptors (Lipinski definition) is 1. The first kappa shape index (κ1) is 28.7. The Morgan fingerprint density at radius 1 is 0.920 bits per heavy atom. The summed E-state index contributed by atoms with van der Waals surface area (Å²) < 4.78 is 0.